The van der Waals surface area contributed by atoms with Crippen molar-refractivity contribution in [2.24, 2.45) is 5.41 Å². The third-order valence-electron chi connectivity index (χ3n) is 2.30. The van der Waals surface area contributed by atoms with Gasteiger partial charge in [-0.25, -0.2) is 4.72 Å². The molecule has 0 saturated heterocycles. The molecule has 0 aromatic heterocycles. The molecule has 0 aromatic carbocycles. The van der Waals surface area contributed by atoms with E-state index >= 15 is 0 Å². The molecular formula is C8H16N2O4S. The van der Waals surface area contributed by atoms with E-state index in [2.05, 4.69) is 9.44 Å². The van der Waals surface area contributed by atoms with E-state index in [0.29, 0.717) is 12.8 Å². The van der Waals surface area contributed by atoms with Gasteiger partial charge < -0.3 is 5.11 Å². The van der Waals surface area contributed by atoms with Crippen molar-refractivity contribution in [1.29, 1.82) is 0 Å². The highest BCUT2D eigenvalue weighted by molar-refractivity contribution is 7.87. The lowest BCUT2D eigenvalue weighted by molar-refractivity contribution is -0.143. The fourth-order valence-corrected chi connectivity index (χ4v) is 2.37. The van der Waals surface area contributed by atoms with Crippen LogP contribution >= 0.6 is 0 Å². The van der Waals surface area contributed by atoms with Crippen LogP contribution < -0.4 is 9.44 Å². The Morgan fingerprint density at radius 3 is 2.33 bits per heavy atom. The van der Waals surface area contributed by atoms with Gasteiger partial charge in [-0.05, 0) is 26.7 Å². The molecule has 1 rings (SSSR count). The van der Waals surface area contributed by atoms with Crippen LogP contribution in [0.3, 0.4) is 0 Å². The van der Waals surface area contributed by atoms with Crippen LogP contribution in [0.4, 0.5) is 0 Å². The number of hydrogen-bond acceptors (Lipinski definition) is 3. The number of carboxylic acid groups (broad SMARTS) is 1. The average Bonchev–Trinajstić information content (AvgIpc) is 2.78. The van der Waals surface area contributed by atoms with E-state index in [1.165, 1.54) is 0 Å². The topological polar surface area (TPSA) is 95.5 Å². The molecule has 1 saturated carbocycles. The van der Waals surface area contributed by atoms with Gasteiger partial charge in [0.15, 0.2) is 0 Å². The van der Waals surface area contributed by atoms with Crippen molar-refractivity contribution in [3.05, 3.63) is 0 Å². The maximum absolute atomic E-state index is 11.3. The molecule has 0 aliphatic heterocycles. The van der Waals surface area contributed by atoms with E-state index in [9.17, 15) is 13.2 Å². The SMILES string of the molecule is CC(C)NS(=O)(=O)NCC1(C(=O)O)CC1. The molecule has 0 aromatic rings. The Morgan fingerprint density at radius 2 is 2.00 bits per heavy atom. The number of hydrogen-bond donors (Lipinski definition) is 3. The molecule has 88 valence electrons. The molecule has 15 heavy (non-hydrogen) atoms. The second-order valence-corrected chi connectivity index (χ2v) is 5.71. The fourth-order valence-electron chi connectivity index (χ4n) is 1.20. The number of nitrogens with one attached hydrogen (secondary N) is 2. The number of carboxylic acids is 1. The van der Waals surface area contributed by atoms with Crippen molar-refractivity contribution in [1.82, 2.24) is 9.44 Å². The molecule has 1 aliphatic carbocycles. The molecular weight excluding hydrogens is 220 g/mol. The Balaban J connectivity index is 2.47. The molecule has 0 bridgehead atoms. The highest BCUT2D eigenvalue weighted by atomic mass is 32.2. The summed E-state index contributed by atoms with van der Waals surface area (Å²) in [5.74, 6) is -0.935. The van der Waals surface area contributed by atoms with Gasteiger partial charge in [0.2, 0.25) is 0 Å². The van der Waals surface area contributed by atoms with Crippen molar-refractivity contribution in [2.45, 2.75) is 32.7 Å². The molecule has 3 N–H and O–H groups in total. The van der Waals surface area contributed by atoms with E-state index in [0.717, 1.165) is 0 Å². The lowest BCUT2D eigenvalue weighted by Crippen LogP contribution is -2.43. The van der Waals surface area contributed by atoms with Crippen LogP contribution in [0.15, 0.2) is 0 Å². The Hall–Kier alpha value is -0.660. The van der Waals surface area contributed by atoms with E-state index in [4.69, 9.17) is 5.11 Å². The Bertz CT molecular complexity index is 346. The van der Waals surface area contributed by atoms with Crippen LogP contribution in [0.25, 0.3) is 0 Å². The summed E-state index contributed by atoms with van der Waals surface area (Å²) >= 11 is 0. The number of rotatable bonds is 6. The van der Waals surface area contributed by atoms with Gasteiger partial charge in [-0.2, -0.15) is 13.1 Å². The third kappa shape index (κ3) is 3.44. The van der Waals surface area contributed by atoms with E-state index in [1.807, 2.05) is 0 Å². The van der Waals surface area contributed by atoms with Gasteiger partial charge in [0.05, 0.1) is 5.41 Å². The molecule has 6 nitrogen and oxygen atoms in total. The molecule has 0 atom stereocenters. The summed E-state index contributed by atoms with van der Waals surface area (Å²) < 4.78 is 27.2. The zero-order valence-corrected chi connectivity index (χ0v) is 9.60. The maximum Gasteiger partial charge on any atom is 0.310 e. The zero-order valence-electron chi connectivity index (χ0n) is 8.78. The van der Waals surface area contributed by atoms with Gasteiger partial charge in [0.25, 0.3) is 10.2 Å². The van der Waals surface area contributed by atoms with Crippen LogP contribution in [-0.2, 0) is 15.0 Å². The quantitative estimate of drug-likeness (QED) is 0.589. The molecule has 0 radical (unpaired) electrons. The summed E-state index contributed by atoms with van der Waals surface area (Å²) in [5, 5.41) is 8.83. The zero-order chi connectivity index (χ0) is 11.7. The van der Waals surface area contributed by atoms with Crippen LogP contribution in [0.2, 0.25) is 0 Å². The first kappa shape index (κ1) is 12.4. The first-order valence-electron chi connectivity index (χ1n) is 4.78. The van der Waals surface area contributed by atoms with Crippen LogP contribution in [0, 0.1) is 5.41 Å². The highest BCUT2D eigenvalue weighted by Crippen LogP contribution is 2.45. The monoisotopic (exact) mass is 236 g/mol. The standard InChI is InChI=1S/C8H16N2O4S/c1-6(2)10-15(13,14)9-5-8(3-4-8)7(11)12/h6,9-10H,3-5H2,1-2H3,(H,11,12). The van der Waals surface area contributed by atoms with Gasteiger partial charge in [0.1, 0.15) is 0 Å². The Morgan fingerprint density at radius 1 is 1.47 bits per heavy atom. The first-order chi connectivity index (χ1) is 6.77. The minimum absolute atomic E-state index is 0.0373. The van der Waals surface area contributed by atoms with Gasteiger partial charge in [-0.1, -0.05) is 0 Å². The van der Waals surface area contributed by atoms with Crippen molar-refractivity contribution in [2.75, 3.05) is 6.54 Å². The predicted molar refractivity (Wildman–Crippen MR) is 54.5 cm³/mol. The predicted octanol–water partition coefficient (Wildman–Crippen LogP) is -0.316. The maximum atomic E-state index is 11.3. The van der Waals surface area contributed by atoms with Crippen LogP contribution in [0.1, 0.15) is 26.7 Å². The molecule has 0 unspecified atom stereocenters. The molecule has 1 aliphatic rings. The highest BCUT2D eigenvalue weighted by Gasteiger charge is 2.50. The van der Waals surface area contributed by atoms with E-state index in [1.54, 1.807) is 13.8 Å². The smallest absolute Gasteiger partial charge is 0.310 e. The minimum atomic E-state index is -3.57. The third-order valence-corrected chi connectivity index (χ3v) is 3.60. The van der Waals surface area contributed by atoms with Crippen LogP contribution in [0.5, 0.6) is 0 Å². The average molecular weight is 236 g/mol. The number of carbonyl (C=O) groups is 1. The fraction of sp³-hybridized carbons (Fsp3) is 0.875. The summed E-state index contributed by atoms with van der Waals surface area (Å²) in [6.07, 6.45) is 1.07. The van der Waals surface area contributed by atoms with Gasteiger partial charge in [0, 0.05) is 12.6 Å². The minimum Gasteiger partial charge on any atom is -0.481 e. The van der Waals surface area contributed by atoms with E-state index < -0.39 is 21.6 Å². The van der Waals surface area contributed by atoms with E-state index in [-0.39, 0.29) is 12.6 Å². The molecule has 0 heterocycles. The van der Waals surface area contributed by atoms with Crippen molar-refractivity contribution >= 4 is 16.2 Å². The summed E-state index contributed by atoms with van der Waals surface area (Å²) in [6, 6.07) is -0.206. The Labute approximate surface area is 89.2 Å². The summed E-state index contributed by atoms with van der Waals surface area (Å²) in [4.78, 5) is 10.8. The second-order valence-electron chi connectivity index (χ2n) is 4.18. The van der Waals surface area contributed by atoms with Crippen molar-refractivity contribution < 1.29 is 18.3 Å². The molecule has 7 heteroatoms. The summed E-state index contributed by atoms with van der Waals surface area (Å²) in [7, 11) is -3.57. The molecule has 0 spiro atoms. The lowest BCUT2D eigenvalue weighted by Gasteiger charge is -2.13. The first-order valence-corrected chi connectivity index (χ1v) is 6.26. The second kappa shape index (κ2) is 4.07. The number of aliphatic carboxylic acids is 1. The summed E-state index contributed by atoms with van der Waals surface area (Å²) in [5.41, 5.74) is -0.869. The lowest BCUT2D eigenvalue weighted by atomic mass is 10.1. The summed E-state index contributed by atoms with van der Waals surface area (Å²) in [6.45, 7) is 3.36. The van der Waals surface area contributed by atoms with Crippen molar-refractivity contribution in [3.8, 4) is 0 Å². The van der Waals surface area contributed by atoms with Crippen molar-refractivity contribution in [3.63, 3.8) is 0 Å². The van der Waals surface area contributed by atoms with Gasteiger partial charge in [-0.15, -0.1) is 0 Å². The van der Waals surface area contributed by atoms with Gasteiger partial charge >= 0.3 is 5.97 Å². The largest absolute Gasteiger partial charge is 0.481 e. The Kier molecular flexibility index (Phi) is 3.37. The normalized spacial score (nSPS) is 19.1. The molecule has 1 fully saturated rings. The molecule has 0 amide bonds. The van der Waals surface area contributed by atoms with Gasteiger partial charge in [-0.3, -0.25) is 4.79 Å². The van der Waals surface area contributed by atoms with Crippen LogP contribution in [-0.4, -0.2) is 32.1 Å².